The monoisotopic (exact) mass is 457 g/mol. The largest absolute Gasteiger partial charge is 0.513 e. The molecule has 34 heavy (non-hydrogen) atoms. The Morgan fingerprint density at radius 2 is 1.82 bits per heavy atom. The minimum Gasteiger partial charge on any atom is -0.496 e. The van der Waals surface area contributed by atoms with E-state index < -0.39 is 12.3 Å². The first-order valence-electron chi connectivity index (χ1n) is 11.2. The Morgan fingerprint density at radius 3 is 2.59 bits per heavy atom. The van der Waals surface area contributed by atoms with Gasteiger partial charge in [0.15, 0.2) is 6.10 Å². The van der Waals surface area contributed by atoms with Gasteiger partial charge in [-0.25, -0.2) is 4.79 Å². The van der Waals surface area contributed by atoms with Crippen LogP contribution < -0.4 is 19.5 Å². The Morgan fingerprint density at radius 1 is 1.03 bits per heavy atom. The van der Waals surface area contributed by atoms with Crippen molar-refractivity contribution in [2.24, 2.45) is 0 Å². The molecule has 2 aliphatic heterocycles. The van der Waals surface area contributed by atoms with Gasteiger partial charge in [-0.1, -0.05) is 30.3 Å². The zero-order valence-corrected chi connectivity index (χ0v) is 19.9. The van der Waals surface area contributed by atoms with Crippen LogP contribution in [0.15, 0.2) is 60.7 Å². The van der Waals surface area contributed by atoms with Crippen molar-refractivity contribution in [3.05, 3.63) is 77.4 Å². The van der Waals surface area contributed by atoms with Crippen molar-refractivity contribution < 1.29 is 23.7 Å². The van der Waals surface area contributed by atoms with Crippen LogP contribution in [0.2, 0.25) is 0 Å². The van der Waals surface area contributed by atoms with E-state index in [0.717, 1.165) is 45.0 Å². The van der Waals surface area contributed by atoms with Crippen LogP contribution in [0.5, 0.6) is 17.2 Å². The van der Waals surface area contributed by atoms with Crippen LogP contribution in [0, 0.1) is 0 Å². The van der Waals surface area contributed by atoms with E-state index in [2.05, 4.69) is 49.0 Å². The van der Waals surface area contributed by atoms with Crippen LogP contribution in [-0.2, 0) is 4.74 Å². The van der Waals surface area contributed by atoms with Crippen molar-refractivity contribution in [3.63, 3.8) is 0 Å². The van der Waals surface area contributed by atoms with E-state index in [1.165, 1.54) is 12.7 Å². The van der Waals surface area contributed by atoms with Gasteiger partial charge in [-0.15, -0.1) is 0 Å². The molecule has 1 unspecified atom stereocenters. The van der Waals surface area contributed by atoms with Gasteiger partial charge in [0.25, 0.3) is 0 Å². The van der Waals surface area contributed by atoms with Crippen LogP contribution in [-0.4, -0.2) is 25.9 Å². The SMILES string of the molecule is COC(=O)Oc1cccc(C2Oc3cccc(OC)c3-c3ccc4c(c32)C(C)=CC(C)(C)N4)c1. The second-order valence-corrected chi connectivity index (χ2v) is 9.08. The number of ether oxygens (including phenoxy) is 4. The van der Waals surface area contributed by atoms with E-state index >= 15 is 0 Å². The molecule has 174 valence electrons. The van der Waals surface area contributed by atoms with Gasteiger partial charge in [-0.2, -0.15) is 0 Å². The fraction of sp³-hybridized carbons (Fsp3) is 0.250. The molecule has 2 heterocycles. The van der Waals surface area contributed by atoms with Gasteiger partial charge in [0.05, 0.1) is 25.3 Å². The predicted octanol–water partition coefficient (Wildman–Crippen LogP) is 6.60. The molecule has 0 fully saturated rings. The Bertz CT molecular complexity index is 1320. The van der Waals surface area contributed by atoms with Gasteiger partial charge in [-0.3, -0.25) is 0 Å². The van der Waals surface area contributed by atoms with Crippen LogP contribution in [0.1, 0.15) is 43.6 Å². The third-order valence-electron chi connectivity index (χ3n) is 6.19. The maximum absolute atomic E-state index is 11.7. The van der Waals surface area contributed by atoms with Gasteiger partial charge in [-0.05, 0) is 62.2 Å². The van der Waals surface area contributed by atoms with E-state index in [4.69, 9.17) is 14.2 Å². The Labute approximate surface area is 199 Å². The highest BCUT2D eigenvalue weighted by atomic mass is 16.7. The summed E-state index contributed by atoms with van der Waals surface area (Å²) in [5, 5.41) is 3.64. The lowest BCUT2D eigenvalue weighted by Gasteiger charge is -2.37. The number of hydrogen-bond donors (Lipinski definition) is 1. The minimum absolute atomic E-state index is 0.166. The minimum atomic E-state index is -0.764. The molecule has 5 rings (SSSR count). The molecule has 2 aliphatic rings. The maximum atomic E-state index is 11.7. The van der Waals surface area contributed by atoms with Gasteiger partial charge in [0, 0.05) is 22.4 Å². The molecule has 0 saturated heterocycles. The first kappa shape index (κ1) is 21.9. The molecule has 0 aromatic heterocycles. The van der Waals surface area contributed by atoms with E-state index in [1.807, 2.05) is 36.4 Å². The normalized spacial score (nSPS) is 17.1. The molecule has 0 amide bonds. The molecular formula is C28H27NO5. The molecule has 0 radical (unpaired) electrons. The lowest BCUT2D eigenvalue weighted by molar-refractivity contribution is 0.121. The molecule has 0 spiro atoms. The number of hydrogen-bond acceptors (Lipinski definition) is 6. The van der Waals surface area contributed by atoms with E-state index in [1.54, 1.807) is 13.2 Å². The molecule has 3 aromatic rings. The second kappa shape index (κ2) is 8.13. The average Bonchev–Trinajstić information content (AvgIpc) is 2.81. The van der Waals surface area contributed by atoms with E-state index in [-0.39, 0.29) is 5.54 Å². The van der Waals surface area contributed by atoms with Crippen LogP contribution >= 0.6 is 0 Å². The first-order chi connectivity index (χ1) is 16.3. The number of rotatable bonds is 3. The highest BCUT2D eigenvalue weighted by Crippen LogP contribution is 2.53. The zero-order valence-electron chi connectivity index (χ0n) is 19.9. The number of carbonyl (C=O) groups excluding carboxylic acids is 1. The second-order valence-electron chi connectivity index (χ2n) is 9.08. The quantitative estimate of drug-likeness (QED) is 0.353. The third-order valence-corrected chi connectivity index (χ3v) is 6.19. The molecular weight excluding hydrogens is 430 g/mol. The van der Waals surface area contributed by atoms with Crippen molar-refractivity contribution >= 4 is 17.4 Å². The van der Waals surface area contributed by atoms with E-state index in [9.17, 15) is 4.79 Å². The summed E-state index contributed by atoms with van der Waals surface area (Å²) < 4.78 is 22.3. The standard InChI is InChI=1S/C28H27NO5/c1-16-15-28(2,3)29-20-13-12-19-24-21(31-4)10-7-11-22(24)34-26(25(19)23(16)20)17-8-6-9-18(14-17)33-27(30)32-5/h6-15,26,29H,1-5H3. The highest BCUT2D eigenvalue weighted by Gasteiger charge is 2.35. The van der Waals surface area contributed by atoms with E-state index in [0.29, 0.717) is 5.75 Å². The fourth-order valence-corrected chi connectivity index (χ4v) is 4.98. The lowest BCUT2D eigenvalue weighted by atomic mass is 9.80. The number of nitrogens with one attached hydrogen (secondary N) is 1. The average molecular weight is 458 g/mol. The van der Waals surface area contributed by atoms with Gasteiger partial charge in [0.1, 0.15) is 17.2 Å². The summed E-state index contributed by atoms with van der Waals surface area (Å²) in [6, 6.07) is 17.4. The zero-order chi connectivity index (χ0) is 24.0. The molecule has 0 bridgehead atoms. The lowest BCUT2D eigenvalue weighted by Crippen LogP contribution is -2.32. The summed E-state index contributed by atoms with van der Waals surface area (Å²) in [6.07, 6.45) is 1.05. The van der Waals surface area contributed by atoms with Gasteiger partial charge >= 0.3 is 6.16 Å². The molecule has 1 N–H and O–H groups in total. The number of carbonyl (C=O) groups is 1. The number of methoxy groups -OCH3 is 2. The molecule has 0 aliphatic carbocycles. The number of anilines is 1. The highest BCUT2D eigenvalue weighted by molar-refractivity contribution is 5.91. The first-order valence-corrected chi connectivity index (χ1v) is 11.2. The Balaban J connectivity index is 1.74. The Hall–Kier alpha value is -3.93. The smallest absolute Gasteiger partial charge is 0.496 e. The maximum Gasteiger partial charge on any atom is 0.513 e. The van der Waals surface area contributed by atoms with Gasteiger partial charge in [0.2, 0.25) is 0 Å². The van der Waals surface area contributed by atoms with Crippen LogP contribution in [0.4, 0.5) is 10.5 Å². The summed E-state index contributed by atoms with van der Waals surface area (Å²) in [4.78, 5) is 11.7. The summed E-state index contributed by atoms with van der Waals surface area (Å²) >= 11 is 0. The summed E-state index contributed by atoms with van der Waals surface area (Å²) in [5.41, 5.74) is 7.05. The predicted molar refractivity (Wildman–Crippen MR) is 132 cm³/mol. The molecule has 1 atom stereocenters. The van der Waals surface area contributed by atoms with Crippen molar-refractivity contribution in [1.82, 2.24) is 0 Å². The molecule has 6 heteroatoms. The topological polar surface area (TPSA) is 66.0 Å². The molecule has 3 aromatic carbocycles. The summed E-state index contributed by atoms with van der Waals surface area (Å²) in [7, 11) is 2.95. The van der Waals surface area contributed by atoms with Crippen LogP contribution in [0.3, 0.4) is 0 Å². The molecule has 0 saturated carbocycles. The number of fused-ring (bicyclic) bond motifs is 5. The van der Waals surface area contributed by atoms with Gasteiger partial charge < -0.3 is 24.3 Å². The van der Waals surface area contributed by atoms with Crippen molar-refractivity contribution in [2.45, 2.75) is 32.4 Å². The fourth-order valence-electron chi connectivity index (χ4n) is 4.98. The van der Waals surface area contributed by atoms with Crippen molar-refractivity contribution in [1.29, 1.82) is 0 Å². The summed E-state index contributed by atoms with van der Waals surface area (Å²) in [5.74, 6) is 1.88. The molecule has 6 nitrogen and oxygen atoms in total. The summed E-state index contributed by atoms with van der Waals surface area (Å²) in [6.45, 7) is 6.44. The number of benzene rings is 3. The third kappa shape index (κ3) is 3.65. The number of allylic oxidation sites excluding steroid dienone is 1. The van der Waals surface area contributed by atoms with Crippen molar-refractivity contribution in [2.75, 3.05) is 19.5 Å². The Kier molecular flexibility index (Phi) is 5.24. The van der Waals surface area contributed by atoms with Crippen molar-refractivity contribution in [3.8, 4) is 28.4 Å². The van der Waals surface area contributed by atoms with Crippen LogP contribution in [0.25, 0.3) is 16.7 Å².